The molecule has 0 saturated carbocycles. The maximum absolute atomic E-state index is 13.2. The molecule has 3 rings (SSSR count). The third kappa shape index (κ3) is 4.67. The topological polar surface area (TPSA) is 34.6 Å². The minimum atomic E-state index is -2.51. The number of pyridine rings is 1. The van der Waals surface area contributed by atoms with Gasteiger partial charge in [0.1, 0.15) is 5.15 Å². The molecule has 0 spiro atoms. The van der Waals surface area contributed by atoms with Crippen LogP contribution in [0.3, 0.4) is 0 Å². The Balaban J connectivity index is 1.60. The second kappa shape index (κ2) is 8.11. The van der Waals surface area contributed by atoms with Crippen molar-refractivity contribution < 1.29 is 18.3 Å². The number of ether oxygens (including phenoxy) is 2. The molecule has 0 unspecified atom stereocenters. The lowest BCUT2D eigenvalue weighted by atomic mass is 10.1. The number of piperidine rings is 1. The van der Waals surface area contributed by atoms with Gasteiger partial charge < -0.3 is 14.4 Å². The Morgan fingerprint density at radius 3 is 2.58 bits per heavy atom. The van der Waals surface area contributed by atoms with Crippen molar-refractivity contribution in [3.8, 4) is 11.5 Å². The molecule has 4 nitrogen and oxygen atoms in total. The second-order valence-electron chi connectivity index (χ2n) is 6.35. The normalized spacial score (nSPS) is 17.4. The van der Waals surface area contributed by atoms with Crippen LogP contribution in [-0.4, -0.2) is 49.2 Å². The van der Waals surface area contributed by atoms with Crippen molar-refractivity contribution in [2.45, 2.75) is 25.2 Å². The fourth-order valence-electron chi connectivity index (χ4n) is 3.01. The van der Waals surface area contributed by atoms with Gasteiger partial charge in [-0.25, -0.2) is 13.8 Å². The van der Waals surface area contributed by atoms with Crippen LogP contribution in [0.25, 0.3) is 10.9 Å². The van der Waals surface area contributed by atoms with E-state index < -0.39 is 5.92 Å². The third-order valence-electron chi connectivity index (χ3n) is 4.48. The maximum Gasteiger partial charge on any atom is 0.250 e. The van der Waals surface area contributed by atoms with Crippen molar-refractivity contribution in [1.82, 2.24) is 9.88 Å². The summed E-state index contributed by atoms with van der Waals surface area (Å²) in [6, 6.07) is 5.09. The van der Waals surface area contributed by atoms with E-state index in [1.807, 2.05) is 4.90 Å². The van der Waals surface area contributed by atoms with Crippen LogP contribution in [0.15, 0.2) is 18.2 Å². The Morgan fingerprint density at radius 2 is 1.88 bits per heavy atom. The summed E-state index contributed by atoms with van der Waals surface area (Å²) < 4.78 is 37.5. The number of fused-ring (bicyclic) bond motifs is 1. The van der Waals surface area contributed by atoms with Crippen LogP contribution in [0, 0.1) is 0 Å². The van der Waals surface area contributed by atoms with Crippen LogP contribution in [-0.2, 0) is 0 Å². The molecule has 0 N–H and O–H groups in total. The first kappa shape index (κ1) is 19.4. The Morgan fingerprint density at radius 1 is 1.15 bits per heavy atom. The SMILES string of the molecule is COc1cc2c(Cl)cc(Cl)nc2cc1OCCCN1CCC(F)(F)CC1. The molecular weight excluding hydrogens is 385 g/mol. The standard InChI is InChI=1S/C18H20Cl2F2N2O2/c1-25-15-9-12-13(19)10-17(20)23-14(12)11-16(15)26-8-2-5-24-6-3-18(21,22)4-7-24/h9-11H,2-8H2,1H3. The third-order valence-corrected chi connectivity index (χ3v) is 4.98. The lowest BCUT2D eigenvalue weighted by Crippen LogP contribution is -2.40. The van der Waals surface area contributed by atoms with Gasteiger partial charge in [0.2, 0.25) is 0 Å². The molecule has 1 aliphatic heterocycles. The van der Waals surface area contributed by atoms with E-state index in [-0.39, 0.29) is 12.8 Å². The molecule has 1 fully saturated rings. The number of hydrogen-bond acceptors (Lipinski definition) is 4. The molecule has 8 heteroatoms. The van der Waals surface area contributed by atoms with Gasteiger partial charge in [-0.1, -0.05) is 23.2 Å². The summed E-state index contributed by atoms with van der Waals surface area (Å²) in [4.78, 5) is 6.30. The average Bonchev–Trinajstić information content (AvgIpc) is 2.59. The molecule has 1 aromatic heterocycles. The van der Waals surface area contributed by atoms with E-state index in [9.17, 15) is 8.78 Å². The van der Waals surface area contributed by atoms with Gasteiger partial charge in [0, 0.05) is 43.9 Å². The Kier molecular flexibility index (Phi) is 6.05. The van der Waals surface area contributed by atoms with Gasteiger partial charge in [-0.05, 0) is 18.6 Å². The zero-order chi connectivity index (χ0) is 18.7. The quantitative estimate of drug-likeness (QED) is 0.498. The van der Waals surface area contributed by atoms with Crippen LogP contribution in [0.4, 0.5) is 8.78 Å². The molecule has 0 aliphatic carbocycles. The van der Waals surface area contributed by atoms with Gasteiger partial charge in [-0.15, -0.1) is 0 Å². The highest BCUT2D eigenvalue weighted by Crippen LogP contribution is 2.35. The number of hydrogen-bond donors (Lipinski definition) is 0. The Labute approximate surface area is 161 Å². The molecule has 2 aromatic rings. The second-order valence-corrected chi connectivity index (χ2v) is 7.14. The van der Waals surface area contributed by atoms with Crippen LogP contribution in [0.1, 0.15) is 19.3 Å². The monoisotopic (exact) mass is 404 g/mol. The van der Waals surface area contributed by atoms with E-state index in [2.05, 4.69) is 4.98 Å². The summed E-state index contributed by atoms with van der Waals surface area (Å²) >= 11 is 12.2. The maximum atomic E-state index is 13.2. The van der Waals surface area contributed by atoms with E-state index in [4.69, 9.17) is 32.7 Å². The number of nitrogens with zero attached hydrogens (tertiary/aromatic N) is 2. The molecule has 0 radical (unpaired) electrons. The number of methoxy groups -OCH3 is 1. The van der Waals surface area contributed by atoms with E-state index in [1.165, 1.54) is 0 Å². The largest absolute Gasteiger partial charge is 0.493 e. The zero-order valence-electron chi connectivity index (χ0n) is 14.4. The van der Waals surface area contributed by atoms with Gasteiger partial charge in [0.05, 0.1) is 24.3 Å². The van der Waals surface area contributed by atoms with E-state index >= 15 is 0 Å². The van der Waals surface area contributed by atoms with Crippen molar-refractivity contribution in [1.29, 1.82) is 0 Å². The van der Waals surface area contributed by atoms with Crippen LogP contribution >= 0.6 is 23.2 Å². The van der Waals surface area contributed by atoms with Crippen molar-refractivity contribution in [2.75, 3.05) is 33.4 Å². The lowest BCUT2D eigenvalue weighted by Gasteiger charge is -2.31. The summed E-state index contributed by atoms with van der Waals surface area (Å²) in [5.74, 6) is -1.40. The minimum absolute atomic E-state index is 0.0699. The number of halogens is 4. The minimum Gasteiger partial charge on any atom is -0.493 e. The lowest BCUT2D eigenvalue weighted by molar-refractivity contribution is -0.0554. The number of rotatable bonds is 6. The van der Waals surface area contributed by atoms with Gasteiger partial charge in [-0.3, -0.25) is 0 Å². The van der Waals surface area contributed by atoms with Crippen LogP contribution < -0.4 is 9.47 Å². The van der Waals surface area contributed by atoms with Crippen molar-refractivity contribution >= 4 is 34.1 Å². The fourth-order valence-corrected chi connectivity index (χ4v) is 3.52. The summed E-state index contributed by atoms with van der Waals surface area (Å²) in [6.45, 7) is 2.02. The van der Waals surface area contributed by atoms with E-state index in [1.54, 1.807) is 25.3 Å². The molecule has 0 atom stereocenters. The predicted octanol–water partition coefficient (Wildman–Crippen LogP) is 5.05. The van der Waals surface area contributed by atoms with E-state index in [0.717, 1.165) is 18.4 Å². The highest BCUT2D eigenvalue weighted by atomic mass is 35.5. The van der Waals surface area contributed by atoms with Crippen LogP contribution in [0.5, 0.6) is 11.5 Å². The first-order chi connectivity index (χ1) is 12.4. The highest BCUT2D eigenvalue weighted by molar-refractivity contribution is 6.37. The molecule has 0 bridgehead atoms. The molecule has 142 valence electrons. The van der Waals surface area contributed by atoms with Gasteiger partial charge in [0.25, 0.3) is 5.92 Å². The molecule has 0 amide bonds. The fraction of sp³-hybridized carbons (Fsp3) is 0.500. The molecule has 1 saturated heterocycles. The van der Waals surface area contributed by atoms with Crippen molar-refractivity contribution in [2.24, 2.45) is 0 Å². The highest BCUT2D eigenvalue weighted by Gasteiger charge is 2.33. The van der Waals surface area contributed by atoms with Crippen molar-refractivity contribution in [3.63, 3.8) is 0 Å². The summed E-state index contributed by atoms with van der Waals surface area (Å²) in [7, 11) is 1.55. The zero-order valence-corrected chi connectivity index (χ0v) is 15.9. The molecular formula is C18H20Cl2F2N2O2. The summed E-state index contributed by atoms with van der Waals surface area (Å²) in [5, 5.41) is 1.53. The number of aromatic nitrogens is 1. The number of likely N-dealkylation sites (tertiary alicyclic amines) is 1. The van der Waals surface area contributed by atoms with Crippen molar-refractivity contribution in [3.05, 3.63) is 28.4 Å². The molecule has 1 aromatic carbocycles. The molecule has 26 heavy (non-hydrogen) atoms. The average molecular weight is 405 g/mol. The van der Waals surface area contributed by atoms with Gasteiger partial charge in [0.15, 0.2) is 11.5 Å². The van der Waals surface area contributed by atoms with Gasteiger partial charge >= 0.3 is 0 Å². The Hall–Kier alpha value is -1.37. The first-order valence-corrected chi connectivity index (χ1v) is 9.20. The number of benzene rings is 1. The molecule has 1 aliphatic rings. The summed E-state index contributed by atoms with van der Waals surface area (Å²) in [6.07, 6.45) is 0.593. The molecule has 2 heterocycles. The summed E-state index contributed by atoms with van der Waals surface area (Å²) in [5.41, 5.74) is 0.622. The van der Waals surface area contributed by atoms with Crippen LogP contribution in [0.2, 0.25) is 10.2 Å². The number of alkyl halides is 2. The smallest absolute Gasteiger partial charge is 0.250 e. The van der Waals surface area contributed by atoms with E-state index in [0.29, 0.717) is 46.9 Å². The predicted molar refractivity (Wildman–Crippen MR) is 99.0 cm³/mol. The first-order valence-electron chi connectivity index (χ1n) is 8.45. The Bertz CT molecular complexity index is 779. The van der Waals surface area contributed by atoms with Gasteiger partial charge in [-0.2, -0.15) is 0 Å².